The standard InChI is InChI=1S/C13H28N2S/c1-4-6-14-11-12(2)13(3)15-7-5-9-16-10-8-15/h12-14H,4-11H2,1-3H3. The third-order valence-electron chi connectivity index (χ3n) is 3.55. The minimum atomic E-state index is 0.725. The van der Waals surface area contributed by atoms with Gasteiger partial charge in [0, 0.05) is 18.3 Å². The Balaban J connectivity index is 2.26. The lowest BCUT2D eigenvalue weighted by Gasteiger charge is -2.32. The van der Waals surface area contributed by atoms with Crippen LogP contribution in [0.25, 0.3) is 0 Å². The maximum absolute atomic E-state index is 3.54. The molecule has 1 heterocycles. The molecule has 0 aromatic rings. The minimum Gasteiger partial charge on any atom is -0.316 e. The normalized spacial score (nSPS) is 22.7. The summed E-state index contributed by atoms with van der Waals surface area (Å²) in [6, 6.07) is 0.725. The first-order valence-corrected chi connectivity index (χ1v) is 7.93. The zero-order valence-corrected chi connectivity index (χ0v) is 12.0. The van der Waals surface area contributed by atoms with E-state index >= 15 is 0 Å². The van der Waals surface area contributed by atoms with E-state index in [0.29, 0.717) is 0 Å². The summed E-state index contributed by atoms with van der Waals surface area (Å²) in [6.45, 7) is 11.9. The van der Waals surface area contributed by atoms with Gasteiger partial charge in [0.05, 0.1) is 0 Å². The highest BCUT2D eigenvalue weighted by Gasteiger charge is 2.20. The van der Waals surface area contributed by atoms with E-state index in [1.165, 1.54) is 44.0 Å². The Labute approximate surface area is 106 Å². The second-order valence-electron chi connectivity index (χ2n) is 4.92. The van der Waals surface area contributed by atoms with Gasteiger partial charge in [0.1, 0.15) is 0 Å². The first-order chi connectivity index (χ1) is 7.75. The summed E-state index contributed by atoms with van der Waals surface area (Å²) >= 11 is 2.11. The number of nitrogens with one attached hydrogen (secondary N) is 1. The number of thioether (sulfide) groups is 1. The van der Waals surface area contributed by atoms with Gasteiger partial charge >= 0.3 is 0 Å². The summed E-state index contributed by atoms with van der Waals surface area (Å²) in [5, 5.41) is 3.54. The van der Waals surface area contributed by atoms with Crippen LogP contribution in [0.15, 0.2) is 0 Å². The van der Waals surface area contributed by atoms with Gasteiger partial charge in [-0.05, 0) is 51.1 Å². The highest BCUT2D eigenvalue weighted by atomic mass is 32.2. The van der Waals surface area contributed by atoms with Crippen LogP contribution in [-0.2, 0) is 0 Å². The molecule has 96 valence electrons. The fraction of sp³-hybridized carbons (Fsp3) is 1.00. The molecule has 0 aromatic carbocycles. The second kappa shape index (κ2) is 8.37. The van der Waals surface area contributed by atoms with E-state index < -0.39 is 0 Å². The summed E-state index contributed by atoms with van der Waals surface area (Å²) in [5.74, 6) is 3.43. The monoisotopic (exact) mass is 244 g/mol. The summed E-state index contributed by atoms with van der Waals surface area (Å²) in [5.41, 5.74) is 0. The van der Waals surface area contributed by atoms with Crippen molar-refractivity contribution in [3.05, 3.63) is 0 Å². The number of hydrogen-bond donors (Lipinski definition) is 1. The van der Waals surface area contributed by atoms with Crippen LogP contribution in [0.3, 0.4) is 0 Å². The Morgan fingerprint density at radius 1 is 1.25 bits per heavy atom. The van der Waals surface area contributed by atoms with Crippen molar-refractivity contribution < 1.29 is 0 Å². The smallest absolute Gasteiger partial charge is 0.0105 e. The van der Waals surface area contributed by atoms with Crippen LogP contribution in [0.5, 0.6) is 0 Å². The predicted octanol–water partition coefficient (Wildman–Crippen LogP) is 2.45. The van der Waals surface area contributed by atoms with Crippen molar-refractivity contribution in [2.75, 3.05) is 37.7 Å². The van der Waals surface area contributed by atoms with Gasteiger partial charge in [-0.2, -0.15) is 11.8 Å². The van der Waals surface area contributed by atoms with Crippen molar-refractivity contribution in [1.82, 2.24) is 10.2 Å². The molecule has 1 saturated heterocycles. The molecule has 1 fully saturated rings. The van der Waals surface area contributed by atoms with Crippen molar-refractivity contribution >= 4 is 11.8 Å². The molecule has 1 aliphatic rings. The lowest BCUT2D eigenvalue weighted by atomic mass is 10.0. The van der Waals surface area contributed by atoms with Gasteiger partial charge in [0.2, 0.25) is 0 Å². The lowest BCUT2D eigenvalue weighted by molar-refractivity contribution is 0.171. The Morgan fingerprint density at radius 2 is 2.06 bits per heavy atom. The van der Waals surface area contributed by atoms with Gasteiger partial charge in [-0.15, -0.1) is 0 Å². The van der Waals surface area contributed by atoms with Crippen molar-refractivity contribution in [2.45, 2.75) is 39.7 Å². The quantitative estimate of drug-likeness (QED) is 0.723. The fourth-order valence-corrected chi connectivity index (χ4v) is 3.11. The van der Waals surface area contributed by atoms with Gasteiger partial charge in [-0.25, -0.2) is 0 Å². The van der Waals surface area contributed by atoms with Gasteiger partial charge < -0.3 is 5.32 Å². The first-order valence-electron chi connectivity index (χ1n) is 6.78. The number of hydrogen-bond acceptors (Lipinski definition) is 3. The summed E-state index contributed by atoms with van der Waals surface area (Å²) < 4.78 is 0. The molecule has 0 amide bonds. The molecule has 1 N–H and O–H groups in total. The van der Waals surface area contributed by atoms with E-state index in [2.05, 4.69) is 42.7 Å². The molecular weight excluding hydrogens is 216 g/mol. The van der Waals surface area contributed by atoms with Crippen molar-refractivity contribution in [3.8, 4) is 0 Å². The molecule has 0 saturated carbocycles. The van der Waals surface area contributed by atoms with Crippen LogP contribution in [0.4, 0.5) is 0 Å². The largest absolute Gasteiger partial charge is 0.316 e. The first kappa shape index (κ1) is 14.3. The van der Waals surface area contributed by atoms with E-state index in [1.807, 2.05) is 0 Å². The molecule has 2 nitrogen and oxygen atoms in total. The Kier molecular flexibility index (Phi) is 7.50. The number of rotatable bonds is 6. The molecule has 1 aliphatic heterocycles. The summed E-state index contributed by atoms with van der Waals surface area (Å²) in [7, 11) is 0. The van der Waals surface area contributed by atoms with Gasteiger partial charge in [-0.1, -0.05) is 13.8 Å². The van der Waals surface area contributed by atoms with Crippen LogP contribution in [0.2, 0.25) is 0 Å². The molecule has 3 heteroatoms. The van der Waals surface area contributed by atoms with E-state index in [1.54, 1.807) is 0 Å². The molecule has 2 unspecified atom stereocenters. The molecule has 2 atom stereocenters. The molecule has 0 aromatic heterocycles. The van der Waals surface area contributed by atoms with Crippen molar-refractivity contribution in [2.24, 2.45) is 5.92 Å². The Bertz CT molecular complexity index is 167. The maximum atomic E-state index is 3.54. The maximum Gasteiger partial charge on any atom is 0.0105 e. The van der Waals surface area contributed by atoms with E-state index in [4.69, 9.17) is 0 Å². The van der Waals surface area contributed by atoms with Crippen LogP contribution in [0.1, 0.15) is 33.6 Å². The fourth-order valence-electron chi connectivity index (χ4n) is 2.21. The third kappa shape index (κ3) is 5.07. The lowest BCUT2D eigenvalue weighted by Crippen LogP contribution is -2.42. The third-order valence-corrected chi connectivity index (χ3v) is 4.60. The highest BCUT2D eigenvalue weighted by Crippen LogP contribution is 2.16. The van der Waals surface area contributed by atoms with Crippen molar-refractivity contribution in [3.63, 3.8) is 0 Å². The van der Waals surface area contributed by atoms with Crippen molar-refractivity contribution in [1.29, 1.82) is 0 Å². The second-order valence-corrected chi connectivity index (χ2v) is 6.15. The van der Waals surface area contributed by atoms with Gasteiger partial charge in [0.15, 0.2) is 0 Å². The van der Waals surface area contributed by atoms with Gasteiger partial charge in [-0.3, -0.25) is 4.90 Å². The van der Waals surface area contributed by atoms with E-state index in [-0.39, 0.29) is 0 Å². The zero-order valence-electron chi connectivity index (χ0n) is 11.2. The van der Waals surface area contributed by atoms with Crippen LogP contribution in [0, 0.1) is 5.92 Å². The van der Waals surface area contributed by atoms with E-state index in [9.17, 15) is 0 Å². The zero-order chi connectivity index (χ0) is 11.8. The summed E-state index contributed by atoms with van der Waals surface area (Å²) in [4.78, 5) is 2.68. The van der Waals surface area contributed by atoms with Crippen LogP contribution < -0.4 is 5.32 Å². The topological polar surface area (TPSA) is 15.3 Å². The molecular formula is C13H28N2S. The highest BCUT2D eigenvalue weighted by molar-refractivity contribution is 7.99. The molecule has 0 aliphatic carbocycles. The average Bonchev–Trinajstić information content (AvgIpc) is 2.56. The molecule has 16 heavy (non-hydrogen) atoms. The summed E-state index contributed by atoms with van der Waals surface area (Å²) in [6.07, 6.45) is 2.60. The Hall–Kier alpha value is 0.270. The van der Waals surface area contributed by atoms with E-state index in [0.717, 1.165) is 18.5 Å². The minimum absolute atomic E-state index is 0.725. The predicted molar refractivity (Wildman–Crippen MR) is 75.3 cm³/mol. The van der Waals surface area contributed by atoms with Crippen LogP contribution in [-0.4, -0.2) is 48.6 Å². The molecule has 0 radical (unpaired) electrons. The molecule has 0 bridgehead atoms. The average molecular weight is 244 g/mol. The molecule has 1 rings (SSSR count). The van der Waals surface area contributed by atoms with Gasteiger partial charge in [0.25, 0.3) is 0 Å². The number of nitrogens with zero attached hydrogens (tertiary/aromatic N) is 1. The SMILES string of the molecule is CCCNCC(C)C(C)N1CCCSCC1. The Morgan fingerprint density at radius 3 is 2.81 bits per heavy atom. The molecule has 0 spiro atoms. The van der Waals surface area contributed by atoms with Crippen LogP contribution >= 0.6 is 11.8 Å².